The minimum Gasteiger partial charge on any atom is -0.384 e. The van der Waals surface area contributed by atoms with Gasteiger partial charge in [0.1, 0.15) is 0 Å². The van der Waals surface area contributed by atoms with E-state index in [0.717, 1.165) is 45.1 Å². The lowest BCUT2D eigenvalue weighted by molar-refractivity contribution is -0.126. The second-order valence-electron chi connectivity index (χ2n) is 7.98. The average Bonchev–Trinajstić information content (AvgIpc) is 3.00. The van der Waals surface area contributed by atoms with Gasteiger partial charge >= 0.3 is 5.76 Å². The summed E-state index contributed by atoms with van der Waals surface area (Å²) in [5.41, 5.74) is 0. The van der Waals surface area contributed by atoms with Crippen molar-refractivity contribution < 1.29 is 14.0 Å². The van der Waals surface area contributed by atoms with Gasteiger partial charge in [-0.1, -0.05) is 33.1 Å². The first-order valence-electron chi connectivity index (χ1n) is 9.87. The highest BCUT2D eigenvalue weighted by molar-refractivity contribution is 5.98. The van der Waals surface area contributed by atoms with Crippen molar-refractivity contribution in [3.63, 3.8) is 0 Å². The van der Waals surface area contributed by atoms with Crippen molar-refractivity contribution in [1.29, 1.82) is 0 Å². The predicted molar refractivity (Wildman–Crippen MR) is 102 cm³/mol. The molecule has 1 aromatic heterocycles. The highest BCUT2D eigenvalue weighted by Crippen LogP contribution is 2.24. The van der Waals surface area contributed by atoms with Gasteiger partial charge in [0, 0.05) is 12.5 Å². The summed E-state index contributed by atoms with van der Waals surface area (Å²) < 4.78 is 6.25. The summed E-state index contributed by atoms with van der Waals surface area (Å²) in [6.07, 6.45) is 5.70. The molecule has 1 aliphatic rings. The molecule has 27 heavy (non-hydrogen) atoms. The van der Waals surface area contributed by atoms with Crippen LogP contribution in [0.25, 0.3) is 0 Å². The van der Waals surface area contributed by atoms with Crippen LogP contribution in [-0.4, -0.2) is 53.1 Å². The third-order valence-corrected chi connectivity index (χ3v) is 5.02. The van der Waals surface area contributed by atoms with Crippen LogP contribution in [0.4, 0.5) is 0 Å². The lowest BCUT2D eigenvalue weighted by atomic mass is 9.88. The van der Waals surface area contributed by atoms with Gasteiger partial charge in [0.2, 0.25) is 11.7 Å². The standard InChI is InChI=1S/C19H32N4O4/c1-13(2)15(20-17(25)14-9-6-5-7-10-14)16(24)18-21-23(19(26)27-18)12-8-11-22(3)4/h13-15H,5-12H2,1-4H3,(H,20,25). The Morgan fingerprint density at radius 3 is 2.52 bits per heavy atom. The number of rotatable bonds is 9. The quantitative estimate of drug-likeness (QED) is 0.655. The number of ketones is 1. The van der Waals surface area contributed by atoms with Crippen molar-refractivity contribution in [1.82, 2.24) is 20.0 Å². The molecule has 1 atom stereocenters. The lowest BCUT2D eigenvalue weighted by Crippen LogP contribution is -2.47. The molecule has 0 bridgehead atoms. The Labute approximate surface area is 160 Å². The Balaban J connectivity index is 2.05. The Bertz CT molecular complexity index is 686. The van der Waals surface area contributed by atoms with Gasteiger partial charge in [0.05, 0.1) is 6.04 Å². The van der Waals surface area contributed by atoms with Gasteiger partial charge in [-0.25, -0.2) is 4.79 Å². The number of carbonyl (C=O) groups excluding carboxylic acids is 2. The maximum Gasteiger partial charge on any atom is 0.437 e. The van der Waals surface area contributed by atoms with E-state index in [4.69, 9.17) is 4.42 Å². The largest absolute Gasteiger partial charge is 0.437 e. The average molecular weight is 380 g/mol. The van der Waals surface area contributed by atoms with Crippen LogP contribution >= 0.6 is 0 Å². The van der Waals surface area contributed by atoms with Gasteiger partial charge in [-0.15, -0.1) is 5.10 Å². The van der Waals surface area contributed by atoms with Crippen LogP contribution in [0.15, 0.2) is 9.21 Å². The van der Waals surface area contributed by atoms with Crippen LogP contribution < -0.4 is 11.1 Å². The van der Waals surface area contributed by atoms with Gasteiger partial charge < -0.3 is 14.6 Å². The summed E-state index contributed by atoms with van der Waals surface area (Å²) in [4.78, 5) is 39.3. The van der Waals surface area contributed by atoms with Crippen LogP contribution in [0, 0.1) is 11.8 Å². The summed E-state index contributed by atoms with van der Waals surface area (Å²) in [6.45, 7) is 4.90. The molecule has 0 radical (unpaired) electrons. The molecule has 0 spiro atoms. The van der Waals surface area contributed by atoms with E-state index < -0.39 is 17.6 Å². The molecular formula is C19H32N4O4. The van der Waals surface area contributed by atoms with Gasteiger partial charge in [-0.05, 0) is 45.8 Å². The van der Waals surface area contributed by atoms with E-state index in [2.05, 4.69) is 10.4 Å². The highest BCUT2D eigenvalue weighted by Gasteiger charge is 2.32. The summed E-state index contributed by atoms with van der Waals surface area (Å²) in [6, 6.07) is -0.743. The van der Waals surface area contributed by atoms with E-state index in [1.165, 1.54) is 4.68 Å². The highest BCUT2D eigenvalue weighted by atomic mass is 16.4. The van der Waals surface area contributed by atoms with E-state index in [1.54, 1.807) is 0 Å². The molecule has 0 aromatic carbocycles. The minimum absolute atomic E-state index is 0.0385. The van der Waals surface area contributed by atoms with E-state index in [9.17, 15) is 14.4 Å². The maximum atomic E-state index is 12.8. The fourth-order valence-corrected chi connectivity index (χ4v) is 3.39. The summed E-state index contributed by atoms with van der Waals surface area (Å²) in [5.74, 6) is -1.57. The topological polar surface area (TPSA) is 97.4 Å². The third kappa shape index (κ3) is 6.02. The maximum absolute atomic E-state index is 12.8. The van der Waals surface area contributed by atoms with Crippen molar-refractivity contribution in [2.45, 2.75) is 65.0 Å². The molecule has 0 aliphatic heterocycles. The van der Waals surface area contributed by atoms with Crippen LogP contribution in [0.5, 0.6) is 0 Å². The Kier molecular flexibility index (Phi) is 7.77. The van der Waals surface area contributed by atoms with Crippen molar-refractivity contribution in [3.8, 4) is 0 Å². The van der Waals surface area contributed by atoms with Crippen LogP contribution in [-0.2, 0) is 11.3 Å². The number of hydrogen-bond donors (Lipinski definition) is 1. The molecule has 1 aromatic rings. The van der Waals surface area contributed by atoms with E-state index in [0.29, 0.717) is 6.54 Å². The number of nitrogens with zero attached hydrogens (tertiary/aromatic N) is 3. The molecule has 1 unspecified atom stereocenters. The van der Waals surface area contributed by atoms with E-state index >= 15 is 0 Å². The van der Waals surface area contributed by atoms with Crippen molar-refractivity contribution in [3.05, 3.63) is 16.4 Å². The fourth-order valence-electron chi connectivity index (χ4n) is 3.39. The van der Waals surface area contributed by atoms with Crippen LogP contribution in [0.2, 0.25) is 0 Å². The van der Waals surface area contributed by atoms with Crippen molar-refractivity contribution >= 4 is 11.7 Å². The zero-order valence-electron chi connectivity index (χ0n) is 16.9. The molecule has 1 fully saturated rings. The molecule has 1 aliphatic carbocycles. The number of amides is 1. The molecule has 1 heterocycles. The van der Waals surface area contributed by atoms with Gasteiger partial charge in [0.15, 0.2) is 0 Å². The van der Waals surface area contributed by atoms with Crippen LogP contribution in [0.3, 0.4) is 0 Å². The molecule has 1 amide bonds. The SMILES string of the molecule is CC(C)C(NC(=O)C1CCCCC1)C(=O)c1nn(CCCN(C)C)c(=O)o1. The smallest absolute Gasteiger partial charge is 0.384 e. The first-order chi connectivity index (χ1) is 12.8. The minimum atomic E-state index is -0.743. The molecule has 8 heteroatoms. The van der Waals surface area contributed by atoms with E-state index in [1.807, 2.05) is 32.8 Å². The Morgan fingerprint density at radius 1 is 1.26 bits per heavy atom. The summed E-state index contributed by atoms with van der Waals surface area (Å²) >= 11 is 0. The lowest BCUT2D eigenvalue weighted by Gasteiger charge is -2.25. The number of Topliss-reactive ketones (excluding diaryl/α,β-unsaturated/α-hetero) is 1. The zero-order chi connectivity index (χ0) is 20.0. The molecular weight excluding hydrogens is 348 g/mol. The molecule has 1 N–H and O–H groups in total. The van der Waals surface area contributed by atoms with Gasteiger partial charge in [-0.3, -0.25) is 9.59 Å². The molecule has 8 nitrogen and oxygen atoms in total. The zero-order valence-corrected chi connectivity index (χ0v) is 16.9. The van der Waals surface area contributed by atoms with Crippen molar-refractivity contribution in [2.24, 2.45) is 11.8 Å². The number of aromatic nitrogens is 2. The number of aryl methyl sites for hydroxylation is 1. The van der Waals surface area contributed by atoms with E-state index in [-0.39, 0.29) is 23.6 Å². The first kappa shape index (κ1) is 21.3. The summed E-state index contributed by atoms with van der Waals surface area (Å²) in [5, 5.41) is 6.91. The second kappa shape index (κ2) is 9.82. The Morgan fingerprint density at radius 2 is 1.93 bits per heavy atom. The van der Waals surface area contributed by atoms with Crippen molar-refractivity contribution in [2.75, 3.05) is 20.6 Å². The van der Waals surface area contributed by atoms with Crippen LogP contribution in [0.1, 0.15) is 63.1 Å². The normalized spacial score (nSPS) is 16.7. The molecule has 152 valence electrons. The number of hydrogen-bond acceptors (Lipinski definition) is 6. The molecule has 1 saturated carbocycles. The summed E-state index contributed by atoms with van der Waals surface area (Å²) in [7, 11) is 3.89. The van der Waals surface area contributed by atoms with Gasteiger partial charge in [-0.2, -0.15) is 4.68 Å². The first-order valence-corrected chi connectivity index (χ1v) is 9.87. The second-order valence-corrected chi connectivity index (χ2v) is 7.98. The monoisotopic (exact) mass is 380 g/mol. The number of carbonyl (C=O) groups is 2. The van der Waals surface area contributed by atoms with Gasteiger partial charge in [0.25, 0.3) is 5.89 Å². The fraction of sp³-hybridized carbons (Fsp3) is 0.789. The predicted octanol–water partition coefficient (Wildman–Crippen LogP) is 1.69. The molecule has 0 saturated heterocycles. The number of nitrogens with one attached hydrogen (secondary N) is 1. The third-order valence-electron chi connectivity index (χ3n) is 5.02. The molecule has 2 rings (SSSR count). The Hall–Kier alpha value is -1.96.